The first-order valence-corrected chi connectivity index (χ1v) is 10.8. The number of piperidine rings is 1. The van der Waals surface area contributed by atoms with Gasteiger partial charge in [-0.2, -0.15) is 0 Å². The van der Waals surface area contributed by atoms with Crippen molar-refractivity contribution < 1.29 is 14.3 Å². The van der Waals surface area contributed by atoms with Crippen molar-refractivity contribution in [3.05, 3.63) is 51.2 Å². The van der Waals surface area contributed by atoms with Gasteiger partial charge in [0.25, 0.3) is 11.8 Å². The van der Waals surface area contributed by atoms with Crippen molar-refractivity contribution >= 4 is 23.2 Å². The minimum absolute atomic E-state index is 0.00379. The largest absolute Gasteiger partial charge is 0.494 e. The molecule has 0 spiro atoms. The van der Waals surface area contributed by atoms with E-state index in [4.69, 9.17) is 4.74 Å². The highest BCUT2D eigenvalue weighted by Gasteiger charge is 2.25. The zero-order valence-electron chi connectivity index (χ0n) is 16.8. The summed E-state index contributed by atoms with van der Waals surface area (Å²) >= 11 is 1.58. The number of amides is 2. The van der Waals surface area contributed by atoms with E-state index in [9.17, 15) is 9.59 Å². The molecule has 1 fully saturated rings. The second-order valence-electron chi connectivity index (χ2n) is 7.07. The van der Waals surface area contributed by atoms with Crippen molar-refractivity contribution in [1.29, 1.82) is 0 Å². The fraction of sp³-hybridized carbons (Fsp3) is 0.455. The molecule has 1 aliphatic heterocycles. The van der Waals surface area contributed by atoms with Gasteiger partial charge in [-0.25, -0.2) is 0 Å². The average molecular weight is 401 g/mol. The lowest BCUT2D eigenvalue weighted by molar-refractivity contribution is 0.0698. The first-order chi connectivity index (χ1) is 13.5. The van der Waals surface area contributed by atoms with Crippen molar-refractivity contribution in [3.8, 4) is 5.75 Å². The van der Waals surface area contributed by atoms with Crippen LogP contribution in [-0.2, 0) is 6.42 Å². The third-order valence-corrected chi connectivity index (χ3v) is 6.48. The summed E-state index contributed by atoms with van der Waals surface area (Å²) in [5, 5.41) is 3.14. The van der Waals surface area contributed by atoms with Gasteiger partial charge in [0.1, 0.15) is 5.75 Å². The quantitative estimate of drug-likeness (QED) is 0.796. The van der Waals surface area contributed by atoms with Crippen molar-refractivity contribution in [3.63, 3.8) is 0 Å². The van der Waals surface area contributed by atoms with Crippen molar-refractivity contribution in [2.24, 2.45) is 0 Å². The Kier molecular flexibility index (Phi) is 6.73. The summed E-state index contributed by atoms with van der Waals surface area (Å²) in [7, 11) is 0. The minimum atomic E-state index is 0.00379. The summed E-state index contributed by atoms with van der Waals surface area (Å²) in [6, 6.07) is 9.37. The number of likely N-dealkylation sites (tertiary alicyclic amines) is 1. The van der Waals surface area contributed by atoms with Crippen molar-refractivity contribution in [2.45, 2.75) is 46.1 Å². The normalized spacial score (nSPS) is 14.8. The summed E-state index contributed by atoms with van der Waals surface area (Å²) in [4.78, 5) is 29.1. The predicted molar refractivity (Wildman–Crippen MR) is 112 cm³/mol. The van der Waals surface area contributed by atoms with Gasteiger partial charge in [0.15, 0.2) is 0 Å². The molecule has 0 aliphatic carbocycles. The van der Waals surface area contributed by atoms with Crippen LogP contribution in [0.15, 0.2) is 30.3 Å². The number of carbonyl (C=O) groups is 2. The van der Waals surface area contributed by atoms with E-state index in [1.165, 1.54) is 10.4 Å². The topological polar surface area (TPSA) is 58.6 Å². The van der Waals surface area contributed by atoms with E-state index in [2.05, 4.69) is 19.2 Å². The maximum Gasteiger partial charge on any atom is 0.261 e. The van der Waals surface area contributed by atoms with Gasteiger partial charge in [-0.15, -0.1) is 11.3 Å². The van der Waals surface area contributed by atoms with Crippen LogP contribution in [0.25, 0.3) is 0 Å². The molecule has 1 aromatic carbocycles. The lowest BCUT2D eigenvalue weighted by atomic mass is 10.0. The molecule has 0 unspecified atom stereocenters. The van der Waals surface area contributed by atoms with Gasteiger partial charge in [0.05, 0.1) is 11.5 Å². The van der Waals surface area contributed by atoms with Crippen LogP contribution in [0.2, 0.25) is 0 Å². The van der Waals surface area contributed by atoms with Crippen LogP contribution in [0.5, 0.6) is 5.75 Å². The van der Waals surface area contributed by atoms with Crippen LogP contribution >= 0.6 is 11.3 Å². The molecule has 28 heavy (non-hydrogen) atoms. The Morgan fingerprint density at radius 1 is 1.18 bits per heavy atom. The van der Waals surface area contributed by atoms with Gasteiger partial charge < -0.3 is 15.0 Å². The zero-order valence-corrected chi connectivity index (χ0v) is 17.6. The standard InChI is InChI=1S/C22H28N2O3S/c1-4-19-15(3)14-20(28-19)21(25)23-17-10-12-24(13-11-17)22(26)16-6-8-18(9-7-16)27-5-2/h6-9,14,17H,4-5,10-13H2,1-3H3,(H,23,25). The van der Waals surface area contributed by atoms with Crippen molar-refractivity contribution in [2.75, 3.05) is 19.7 Å². The number of thiophene rings is 1. The van der Waals surface area contributed by atoms with Gasteiger partial charge >= 0.3 is 0 Å². The molecule has 5 nitrogen and oxygen atoms in total. The molecule has 1 saturated heterocycles. The molecule has 0 bridgehead atoms. The Hall–Kier alpha value is -2.34. The molecule has 0 atom stereocenters. The summed E-state index contributed by atoms with van der Waals surface area (Å²) in [6.07, 6.45) is 2.51. The molecular formula is C22H28N2O3S. The molecule has 0 saturated carbocycles. The van der Waals surface area contributed by atoms with Crippen LogP contribution in [0.1, 0.15) is 57.2 Å². The van der Waals surface area contributed by atoms with E-state index < -0.39 is 0 Å². The van der Waals surface area contributed by atoms with Crippen molar-refractivity contribution in [1.82, 2.24) is 10.2 Å². The lowest BCUT2D eigenvalue weighted by Crippen LogP contribution is -2.46. The number of ether oxygens (including phenoxy) is 1. The average Bonchev–Trinajstić information content (AvgIpc) is 3.10. The van der Waals surface area contributed by atoms with E-state index in [0.717, 1.165) is 29.9 Å². The molecule has 3 rings (SSSR count). The fourth-order valence-corrected chi connectivity index (χ4v) is 4.53. The number of aryl methyl sites for hydroxylation is 2. The maximum atomic E-state index is 12.7. The third kappa shape index (κ3) is 4.73. The summed E-state index contributed by atoms with van der Waals surface area (Å²) in [5.74, 6) is 0.814. The molecule has 2 amide bonds. The Morgan fingerprint density at radius 3 is 2.43 bits per heavy atom. The second kappa shape index (κ2) is 9.24. The van der Waals surface area contributed by atoms with E-state index in [0.29, 0.717) is 25.3 Å². The summed E-state index contributed by atoms with van der Waals surface area (Å²) < 4.78 is 5.43. The predicted octanol–water partition coefficient (Wildman–Crippen LogP) is 4.05. The van der Waals surface area contributed by atoms with E-state index in [1.807, 2.05) is 42.2 Å². The number of benzene rings is 1. The van der Waals surface area contributed by atoms with Gasteiger partial charge in [-0.1, -0.05) is 6.92 Å². The molecule has 6 heteroatoms. The molecule has 1 aliphatic rings. The Labute approximate surface area is 170 Å². The SMILES string of the molecule is CCOc1ccc(C(=O)N2CCC(NC(=O)c3cc(C)c(CC)s3)CC2)cc1. The van der Waals surface area contributed by atoms with Gasteiger partial charge in [0, 0.05) is 29.6 Å². The van der Waals surface area contributed by atoms with Gasteiger partial charge in [-0.3, -0.25) is 9.59 Å². The second-order valence-corrected chi connectivity index (χ2v) is 8.20. The lowest BCUT2D eigenvalue weighted by Gasteiger charge is -2.32. The molecule has 150 valence electrons. The number of rotatable bonds is 6. The van der Waals surface area contributed by atoms with E-state index >= 15 is 0 Å². The van der Waals surface area contributed by atoms with Gasteiger partial charge in [-0.05, 0) is 69.0 Å². The van der Waals surface area contributed by atoms with E-state index in [-0.39, 0.29) is 17.9 Å². The Bertz CT molecular complexity index is 821. The maximum absolute atomic E-state index is 12.7. The Balaban J connectivity index is 1.52. The molecule has 1 aromatic heterocycles. The van der Waals surface area contributed by atoms with Gasteiger partial charge in [0.2, 0.25) is 0 Å². The molecule has 2 aromatic rings. The fourth-order valence-electron chi connectivity index (χ4n) is 3.51. The number of nitrogens with zero attached hydrogens (tertiary/aromatic N) is 1. The van der Waals surface area contributed by atoms with E-state index in [1.54, 1.807) is 11.3 Å². The number of hydrogen-bond donors (Lipinski definition) is 1. The summed E-state index contributed by atoms with van der Waals surface area (Å²) in [6.45, 7) is 8.01. The number of hydrogen-bond acceptors (Lipinski definition) is 4. The van der Waals surface area contributed by atoms with Crippen LogP contribution < -0.4 is 10.1 Å². The Morgan fingerprint density at radius 2 is 1.86 bits per heavy atom. The molecule has 0 radical (unpaired) electrons. The number of nitrogens with one attached hydrogen (secondary N) is 1. The van der Waals surface area contributed by atoms with Crippen LogP contribution in [0.3, 0.4) is 0 Å². The molecular weight excluding hydrogens is 372 g/mol. The number of carbonyl (C=O) groups excluding carboxylic acids is 2. The summed E-state index contributed by atoms with van der Waals surface area (Å²) in [5.41, 5.74) is 1.86. The third-order valence-electron chi connectivity index (χ3n) is 5.10. The van der Waals surface area contributed by atoms with Crippen LogP contribution in [-0.4, -0.2) is 42.5 Å². The highest BCUT2D eigenvalue weighted by Crippen LogP contribution is 2.23. The highest BCUT2D eigenvalue weighted by molar-refractivity contribution is 7.14. The highest BCUT2D eigenvalue weighted by atomic mass is 32.1. The first-order valence-electron chi connectivity index (χ1n) is 9.94. The first kappa shape index (κ1) is 20.4. The van der Waals surface area contributed by atoms with Crippen LogP contribution in [0.4, 0.5) is 0 Å². The minimum Gasteiger partial charge on any atom is -0.494 e. The monoisotopic (exact) mass is 400 g/mol. The van der Waals surface area contributed by atoms with Crippen LogP contribution in [0, 0.1) is 6.92 Å². The smallest absolute Gasteiger partial charge is 0.261 e. The molecule has 1 N–H and O–H groups in total. The zero-order chi connectivity index (χ0) is 20.1. The molecule has 2 heterocycles.